The average molecular weight is 365 g/mol. The van der Waals surface area contributed by atoms with Gasteiger partial charge in [0.15, 0.2) is 11.5 Å². The van der Waals surface area contributed by atoms with Gasteiger partial charge in [0.2, 0.25) is 0 Å². The van der Waals surface area contributed by atoms with Crippen LogP contribution >= 0.6 is 0 Å². The van der Waals surface area contributed by atoms with Crippen LogP contribution in [0.3, 0.4) is 0 Å². The number of likely N-dealkylation sites (N-methyl/N-ethyl adjacent to an activating group) is 1. The smallest absolute Gasteiger partial charge is 0.446 e. The van der Waals surface area contributed by atoms with Gasteiger partial charge in [-0.3, -0.25) is 4.55 Å². The van der Waals surface area contributed by atoms with Crippen LogP contribution in [0.5, 0.6) is 11.5 Å². The van der Waals surface area contributed by atoms with Crippen LogP contribution in [-0.2, 0) is 22.2 Å². The molecule has 0 saturated carbocycles. The third-order valence-corrected chi connectivity index (χ3v) is 6.72. The second-order valence-electron chi connectivity index (χ2n) is 7.42. The van der Waals surface area contributed by atoms with Gasteiger partial charge in [-0.2, -0.15) is 8.42 Å². The molecule has 1 spiro atoms. The molecule has 8 heteroatoms. The molecule has 1 aromatic carbocycles. The highest BCUT2D eigenvalue weighted by molar-refractivity contribution is 7.81. The van der Waals surface area contributed by atoms with Gasteiger partial charge in [0.1, 0.15) is 12.2 Å². The van der Waals surface area contributed by atoms with Crippen molar-refractivity contribution in [1.29, 1.82) is 0 Å². The number of piperidine rings is 1. The van der Waals surface area contributed by atoms with Crippen LogP contribution in [-0.4, -0.2) is 54.8 Å². The van der Waals surface area contributed by atoms with E-state index in [0.717, 1.165) is 30.5 Å². The number of aliphatic hydroxyl groups excluding tert-OH is 1. The topological polar surface area (TPSA) is 96.3 Å². The van der Waals surface area contributed by atoms with Crippen LogP contribution in [0.2, 0.25) is 0 Å². The number of aliphatic hydroxyl groups is 1. The molecule has 25 heavy (non-hydrogen) atoms. The van der Waals surface area contributed by atoms with Crippen LogP contribution in [0.25, 0.3) is 0 Å². The lowest BCUT2D eigenvalue weighted by molar-refractivity contribution is -0.0452. The van der Waals surface area contributed by atoms with E-state index >= 15 is 0 Å². The molecular weight excluding hydrogens is 346 g/mol. The summed E-state index contributed by atoms with van der Waals surface area (Å²) in [4.78, 5) is 2.35. The monoisotopic (exact) mass is 365 g/mol. The minimum Gasteiger partial charge on any atom is -0.482 e. The van der Waals surface area contributed by atoms with E-state index in [0.29, 0.717) is 11.8 Å². The first kappa shape index (κ1) is 15.6. The van der Waals surface area contributed by atoms with E-state index in [1.54, 1.807) is 6.08 Å². The Kier molecular flexibility index (Phi) is 2.98. The molecule has 1 aromatic rings. The summed E-state index contributed by atoms with van der Waals surface area (Å²) in [6.07, 6.45) is 4.26. The van der Waals surface area contributed by atoms with Gasteiger partial charge in [-0.25, -0.2) is 0 Å². The van der Waals surface area contributed by atoms with Crippen molar-refractivity contribution in [3.8, 4) is 11.5 Å². The van der Waals surface area contributed by atoms with E-state index in [9.17, 15) is 13.5 Å². The predicted octanol–water partition coefficient (Wildman–Crippen LogP) is 0.674. The van der Waals surface area contributed by atoms with Gasteiger partial charge < -0.3 is 18.9 Å². The zero-order valence-electron chi connectivity index (χ0n) is 13.6. The van der Waals surface area contributed by atoms with E-state index < -0.39 is 22.6 Å². The molecule has 0 radical (unpaired) electrons. The zero-order chi connectivity index (χ0) is 17.6. The Balaban J connectivity index is 1.76. The summed E-state index contributed by atoms with van der Waals surface area (Å²) < 4.78 is 42.3. The lowest BCUT2D eigenvalue weighted by atomic mass is 9.53. The maximum atomic E-state index is 11.2. The maximum Gasteiger partial charge on any atom is 0.446 e. The number of likely N-dealkylation sites (tertiary alicyclic amines) is 1. The van der Waals surface area contributed by atoms with E-state index in [2.05, 4.69) is 18.0 Å². The van der Waals surface area contributed by atoms with Crippen LogP contribution < -0.4 is 8.92 Å². The Bertz CT molecular complexity index is 897. The Labute approximate surface area is 145 Å². The Morgan fingerprint density at radius 1 is 1.36 bits per heavy atom. The first-order chi connectivity index (χ1) is 11.8. The van der Waals surface area contributed by atoms with E-state index in [1.807, 2.05) is 6.07 Å². The van der Waals surface area contributed by atoms with Gasteiger partial charge >= 0.3 is 10.4 Å². The van der Waals surface area contributed by atoms with Crippen molar-refractivity contribution in [3.05, 3.63) is 35.4 Å². The van der Waals surface area contributed by atoms with E-state index in [4.69, 9.17) is 13.5 Å². The summed E-state index contributed by atoms with van der Waals surface area (Å²) in [5.41, 5.74) is 1.65. The van der Waals surface area contributed by atoms with Crippen molar-refractivity contribution in [2.45, 2.75) is 36.5 Å². The van der Waals surface area contributed by atoms with Crippen LogP contribution in [0.1, 0.15) is 17.5 Å². The maximum absolute atomic E-state index is 11.2. The number of nitrogens with zero attached hydrogens (tertiary/aromatic N) is 1. The van der Waals surface area contributed by atoms with Gasteiger partial charge in [-0.05, 0) is 38.1 Å². The highest BCUT2D eigenvalue weighted by Crippen LogP contribution is 2.62. The molecule has 5 rings (SSSR count). The fourth-order valence-corrected chi connectivity index (χ4v) is 5.77. The second kappa shape index (κ2) is 4.76. The molecule has 7 nitrogen and oxygen atoms in total. The summed E-state index contributed by atoms with van der Waals surface area (Å²) in [5, 5.41) is 10.5. The quantitative estimate of drug-likeness (QED) is 0.587. The van der Waals surface area contributed by atoms with Crippen molar-refractivity contribution in [1.82, 2.24) is 4.90 Å². The molecule has 2 N–H and O–H groups in total. The lowest BCUT2D eigenvalue weighted by Crippen LogP contribution is -2.64. The molecule has 0 aromatic heterocycles. The summed E-state index contributed by atoms with van der Waals surface area (Å²) >= 11 is 0. The molecule has 4 aliphatic rings. The van der Waals surface area contributed by atoms with Crippen LogP contribution in [0, 0.1) is 5.92 Å². The van der Waals surface area contributed by atoms with E-state index in [1.165, 1.54) is 6.07 Å². The SMILES string of the molecule is CN1CC[C@]23c4c5ccc(OS(=O)(=O)O)c4O[C@H]2[C@@H](O)C=C[C@@H]3[C@H]1C5. The van der Waals surface area contributed by atoms with Gasteiger partial charge in [0.05, 0.1) is 0 Å². The largest absolute Gasteiger partial charge is 0.482 e. The van der Waals surface area contributed by atoms with Crippen LogP contribution in [0.4, 0.5) is 0 Å². The fourth-order valence-electron chi connectivity index (χ4n) is 5.41. The Morgan fingerprint density at radius 2 is 2.16 bits per heavy atom. The Hall–Kier alpha value is -1.61. The fraction of sp³-hybridized carbons (Fsp3) is 0.529. The lowest BCUT2D eigenvalue weighted by Gasteiger charge is -2.56. The minimum absolute atomic E-state index is 0.0200. The van der Waals surface area contributed by atoms with Crippen molar-refractivity contribution in [2.24, 2.45) is 5.92 Å². The molecule has 2 aliphatic carbocycles. The van der Waals surface area contributed by atoms with Gasteiger partial charge in [-0.1, -0.05) is 18.2 Å². The van der Waals surface area contributed by atoms with E-state index in [-0.39, 0.29) is 17.1 Å². The molecule has 1 saturated heterocycles. The second-order valence-corrected chi connectivity index (χ2v) is 8.44. The average Bonchev–Trinajstić information content (AvgIpc) is 2.88. The molecular formula is C17H19NO6S. The summed E-state index contributed by atoms with van der Waals surface area (Å²) in [6, 6.07) is 3.68. The number of hydrogen-bond donors (Lipinski definition) is 2. The first-order valence-corrected chi connectivity index (χ1v) is 9.74. The number of benzene rings is 1. The zero-order valence-corrected chi connectivity index (χ0v) is 14.4. The molecule has 134 valence electrons. The number of ether oxygens (including phenoxy) is 1. The van der Waals surface area contributed by atoms with Crippen molar-refractivity contribution in [3.63, 3.8) is 0 Å². The van der Waals surface area contributed by atoms with Crippen LogP contribution in [0.15, 0.2) is 24.3 Å². The van der Waals surface area contributed by atoms with Gasteiger partial charge in [-0.15, -0.1) is 0 Å². The predicted molar refractivity (Wildman–Crippen MR) is 88.1 cm³/mol. The minimum atomic E-state index is -4.65. The summed E-state index contributed by atoms with van der Waals surface area (Å²) in [5.74, 6) is 0.513. The van der Waals surface area contributed by atoms with Gasteiger partial charge in [0, 0.05) is 22.9 Å². The first-order valence-electron chi connectivity index (χ1n) is 8.38. The number of hydrogen-bond acceptors (Lipinski definition) is 6. The van der Waals surface area contributed by atoms with Crippen molar-refractivity contribution in [2.75, 3.05) is 13.6 Å². The van der Waals surface area contributed by atoms with Crippen molar-refractivity contribution < 1.29 is 27.0 Å². The third kappa shape index (κ3) is 1.93. The highest BCUT2D eigenvalue weighted by Gasteiger charge is 2.64. The van der Waals surface area contributed by atoms with Crippen molar-refractivity contribution >= 4 is 10.4 Å². The molecule has 2 aliphatic heterocycles. The third-order valence-electron chi connectivity index (χ3n) is 6.33. The molecule has 2 heterocycles. The molecule has 0 amide bonds. The normalized spacial score (nSPS) is 38.2. The Morgan fingerprint density at radius 3 is 2.92 bits per heavy atom. The standard InChI is InChI=1S/C17H19NO6S/c1-18-7-6-17-10-3-4-12(19)16(17)23-15-13(24-25(20,21)22)5-2-9(14(15)17)8-11(10)18/h2-5,10-12,16,19H,6-8H2,1H3,(H,20,21,22)/t10-,11-,12+,16+,17+/m1/s1. The summed E-state index contributed by atoms with van der Waals surface area (Å²) in [6.45, 7) is 0.879. The highest BCUT2D eigenvalue weighted by atomic mass is 32.3. The number of rotatable bonds is 2. The molecule has 1 fully saturated rings. The molecule has 0 unspecified atom stereocenters. The summed E-state index contributed by atoms with van der Waals surface area (Å²) in [7, 11) is -2.54. The molecule has 2 bridgehead atoms. The molecule has 5 atom stereocenters. The van der Waals surface area contributed by atoms with Gasteiger partial charge in [0.25, 0.3) is 0 Å².